The fourth-order valence-electron chi connectivity index (χ4n) is 6.54. The smallest absolute Gasteiger partial charge is 0.462 e. The number of carbonyl (C=O) groups is 2. The van der Waals surface area contributed by atoms with Crippen LogP contribution in [0.15, 0.2) is 122 Å². The van der Waals surface area contributed by atoms with Crippen molar-refractivity contribution in [1.29, 1.82) is 0 Å². The number of nitrogens with two attached hydrogens (primary N) is 1. The molecule has 380 valence electrons. The Bertz CT molecular complexity index is 1500. The van der Waals surface area contributed by atoms with Gasteiger partial charge in [0.25, 0.3) is 0 Å². The first-order chi connectivity index (χ1) is 32.8. The van der Waals surface area contributed by atoms with Crippen molar-refractivity contribution in [2.45, 2.75) is 200 Å². The molecule has 0 aromatic carbocycles. The Morgan fingerprint density at radius 1 is 0.463 bits per heavy atom. The van der Waals surface area contributed by atoms with Gasteiger partial charge in [-0.1, -0.05) is 212 Å². The van der Waals surface area contributed by atoms with Crippen molar-refractivity contribution in [2.75, 3.05) is 26.4 Å². The van der Waals surface area contributed by atoms with Gasteiger partial charge in [0.05, 0.1) is 13.2 Å². The predicted octanol–water partition coefficient (Wildman–Crippen LogP) is 16.1. The van der Waals surface area contributed by atoms with Gasteiger partial charge in [-0.15, -0.1) is 0 Å². The first-order valence-electron chi connectivity index (χ1n) is 26.0. The Morgan fingerprint density at radius 2 is 0.821 bits per heavy atom. The van der Waals surface area contributed by atoms with Gasteiger partial charge in [0, 0.05) is 19.4 Å². The average Bonchev–Trinajstić information content (AvgIpc) is 3.32. The average molecular weight is 952 g/mol. The molecular formula is C57H94NO8P. The molecular weight excluding hydrogens is 858 g/mol. The van der Waals surface area contributed by atoms with Crippen LogP contribution >= 0.6 is 7.82 Å². The highest BCUT2D eigenvalue weighted by molar-refractivity contribution is 7.47. The van der Waals surface area contributed by atoms with Crippen LogP contribution in [-0.4, -0.2) is 49.3 Å². The van der Waals surface area contributed by atoms with E-state index in [1.54, 1.807) is 0 Å². The quantitative estimate of drug-likeness (QED) is 0.0265. The summed E-state index contributed by atoms with van der Waals surface area (Å²) in [5.74, 6) is -0.855. The second kappa shape index (κ2) is 51.8. The molecule has 2 atom stereocenters. The standard InChI is InChI=1S/C57H94NO8P/c1-3-5-7-9-10-11-12-13-14-15-16-17-18-19-20-21-22-23-24-25-26-27-28-29-30-31-32-33-34-35-36-37-38-39-40-41-42-43-44-46-48-50-57(60)66-55(54-65-67(61,62)64-52-51-58)53-63-56(59)49-47-45-8-6-4-2/h5,7,10-11,13-14,16-17,19-20,22-23,25-26,28-29,31-32,34-35,55H,3-4,6,8-9,12,15,18,21,24,27,30,33,36-54,58H2,1-2H3,(H,61,62)/b7-5-,11-10-,14-13-,17-16-,20-19-,23-22-,26-25-,29-28-,32-31-,35-34-. The van der Waals surface area contributed by atoms with Gasteiger partial charge in [-0.25, -0.2) is 4.57 Å². The molecule has 0 saturated carbocycles. The van der Waals surface area contributed by atoms with Crippen LogP contribution in [0.25, 0.3) is 0 Å². The van der Waals surface area contributed by atoms with Crippen LogP contribution in [0.5, 0.6) is 0 Å². The number of phosphoric acid groups is 1. The molecule has 2 unspecified atom stereocenters. The van der Waals surface area contributed by atoms with Crippen molar-refractivity contribution in [3.05, 3.63) is 122 Å². The van der Waals surface area contributed by atoms with Gasteiger partial charge in [0.15, 0.2) is 6.10 Å². The lowest BCUT2D eigenvalue weighted by molar-refractivity contribution is -0.161. The zero-order chi connectivity index (χ0) is 48.8. The maximum atomic E-state index is 12.5. The summed E-state index contributed by atoms with van der Waals surface area (Å²) in [4.78, 5) is 34.6. The third-order valence-corrected chi connectivity index (χ3v) is 11.3. The molecule has 10 heteroatoms. The largest absolute Gasteiger partial charge is 0.472 e. The highest BCUT2D eigenvalue weighted by Crippen LogP contribution is 2.43. The molecule has 0 aromatic heterocycles. The molecule has 0 bridgehead atoms. The van der Waals surface area contributed by atoms with Crippen molar-refractivity contribution >= 4 is 19.8 Å². The molecule has 0 aliphatic carbocycles. The summed E-state index contributed by atoms with van der Waals surface area (Å²) in [6.45, 7) is 3.49. The minimum Gasteiger partial charge on any atom is -0.462 e. The maximum absolute atomic E-state index is 12.5. The Kier molecular flexibility index (Phi) is 49.0. The summed E-state index contributed by atoms with van der Waals surface area (Å²) < 4.78 is 32.6. The fraction of sp³-hybridized carbons (Fsp3) is 0.614. The fourth-order valence-corrected chi connectivity index (χ4v) is 7.31. The molecule has 3 N–H and O–H groups in total. The monoisotopic (exact) mass is 952 g/mol. The molecule has 0 aliphatic heterocycles. The predicted molar refractivity (Wildman–Crippen MR) is 284 cm³/mol. The van der Waals surface area contributed by atoms with E-state index < -0.39 is 32.5 Å². The summed E-state index contributed by atoms with van der Waals surface area (Å²) in [6, 6.07) is 0. The van der Waals surface area contributed by atoms with Crippen LogP contribution < -0.4 is 5.73 Å². The molecule has 0 fully saturated rings. The molecule has 0 saturated heterocycles. The van der Waals surface area contributed by atoms with Crippen molar-refractivity contribution < 1.29 is 37.6 Å². The lowest BCUT2D eigenvalue weighted by atomic mass is 10.0. The van der Waals surface area contributed by atoms with Gasteiger partial charge in [-0.05, 0) is 89.9 Å². The number of hydrogen-bond donors (Lipinski definition) is 2. The van der Waals surface area contributed by atoms with E-state index in [1.807, 2.05) is 0 Å². The van der Waals surface area contributed by atoms with Crippen LogP contribution in [0.2, 0.25) is 0 Å². The van der Waals surface area contributed by atoms with Gasteiger partial charge >= 0.3 is 19.8 Å². The molecule has 0 spiro atoms. The lowest BCUT2D eigenvalue weighted by Crippen LogP contribution is -2.29. The number of allylic oxidation sites excluding steroid dienone is 20. The number of phosphoric ester groups is 1. The van der Waals surface area contributed by atoms with Gasteiger partial charge < -0.3 is 20.1 Å². The van der Waals surface area contributed by atoms with Crippen LogP contribution in [0.1, 0.15) is 194 Å². The summed E-state index contributed by atoms with van der Waals surface area (Å²) in [5, 5.41) is 0. The first-order valence-corrected chi connectivity index (χ1v) is 27.5. The highest BCUT2D eigenvalue weighted by atomic mass is 31.2. The van der Waals surface area contributed by atoms with E-state index in [1.165, 1.54) is 38.5 Å². The van der Waals surface area contributed by atoms with E-state index in [9.17, 15) is 19.0 Å². The van der Waals surface area contributed by atoms with E-state index in [4.69, 9.17) is 24.3 Å². The SMILES string of the molecule is CC/C=C\C/C=C\C/C=C\C/C=C\C/C=C\C/C=C\C/C=C\C/C=C\C/C=C\C/C=C\CCCCCCCCCCCCC(=O)OC(COC(=O)CCCCCCC)COP(=O)(O)OCCN. The zero-order valence-corrected chi connectivity index (χ0v) is 43.0. The van der Waals surface area contributed by atoms with Crippen LogP contribution in [0.3, 0.4) is 0 Å². The van der Waals surface area contributed by atoms with Gasteiger partial charge in [-0.2, -0.15) is 0 Å². The summed E-state index contributed by atoms with van der Waals surface area (Å²) in [7, 11) is -4.37. The molecule has 9 nitrogen and oxygen atoms in total. The van der Waals surface area contributed by atoms with Crippen molar-refractivity contribution in [1.82, 2.24) is 0 Å². The summed E-state index contributed by atoms with van der Waals surface area (Å²) >= 11 is 0. The number of rotatable bonds is 47. The molecule has 0 amide bonds. The highest BCUT2D eigenvalue weighted by Gasteiger charge is 2.26. The Labute approximate surface area is 409 Å². The summed E-state index contributed by atoms with van der Waals surface area (Å²) in [5.41, 5.74) is 5.33. The van der Waals surface area contributed by atoms with Crippen molar-refractivity contribution in [3.8, 4) is 0 Å². The molecule has 0 aliphatic rings. The Balaban J connectivity index is 3.85. The number of carbonyl (C=O) groups excluding carboxylic acids is 2. The zero-order valence-electron chi connectivity index (χ0n) is 42.1. The third-order valence-electron chi connectivity index (χ3n) is 10.4. The minimum atomic E-state index is -4.37. The van der Waals surface area contributed by atoms with Crippen molar-refractivity contribution in [3.63, 3.8) is 0 Å². The number of esters is 2. The molecule has 67 heavy (non-hydrogen) atoms. The Hall–Kier alpha value is -3.59. The summed E-state index contributed by atoms with van der Waals surface area (Å²) in [6.07, 6.45) is 71.7. The van der Waals surface area contributed by atoms with E-state index in [0.717, 1.165) is 122 Å². The van der Waals surface area contributed by atoms with Gasteiger partial charge in [0.1, 0.15) is 6.61 Å². The third kappa shape index (κ3) is 51.6. The van der Waals surface area contributed by atoms with Crippen LogP contribution in [0.4, 0.5) is 0 Å². The molecule has 0 rings (SSSR count). The topological polar surface area (TPSA) is 134 Å². The lowest BCUT2D eigenvalue weighted by Gasteiger charge is -2.19. The van der Waals surface area contributed by atoms with E-state index in [0.29, 0.717) is 6.42 Å². The van der Waals surface area contributed by atoms with Crippen molar-refractivity contribution in [2.24, 2.45) is 5.73 Å². The van der Waals surface area contributed by atoms with Gasteiger partial charge in [-0.3, -0.25) is 18.6 Å². The van der Waals surface area contributed by atoms with E-state index >= 15 is 0 Å². The normalized spacial score (nSPS) is 14.1. The number of hydrogen-bond acceptors (Lipinski definition) is 8. The van der Waals surface area contributed by atoms with E-state index in [-0.39, 0.29) is 32.6 Å². The Morgan fingerprint density at radius 3 is 1.22 bits per heavy atom. The number of ether oxygens (including phenoxy) is 2. The van der Waals surface area contributed by atoms with Crippen LogP contribution in [0, 0.1) is 0 Å². The minimum absolute atomic E-state index is 0.0482. The van der Waals surface area contributed by atoms with Crippen LogP contribution in [-0.2, 0) is 32.7 Å². The van der Waals surface area contributed by atoms with E-state index in [2.05, 4.69) is 135 Å². The first kappa shape index (κ1) is 63.4. The molecule has 0 aromatic rings. The van der Waals surface area contributed by atoms with Gasteiger partial charge in [0.2, 0.25) is 0 Å². The molecule has 0 radical (unpaired) electrons. The second-order valence-electron chi connectivity index (χ2n) is 16.7. The second-order valence-corrected chi connectivity index (χ2v) is 18.1. The molecule has 0 heterocycles. The number of unbranched alkanes of at least 4 members (excludes halogenated alkanes) is 14. The maximum Gasteiger partial charge on any atom is 0.472 e.